The number of nitrogens with two attached hydrogens (primary N) is 1. The predicted octanol–water partition coefficient (Wildman–Crippen LogP) is 2.50. The first-order valence-electron chi connectivity index (χ1n) is 7.13. The van der Waals surface area contributed by atoms with E-state index in [0.717, 1.165) is 26.1 Å². The molecule has 1 aliphatic rings. The second-order valence-corrected chi connectivity index (χ2v) is 6.00. The van der Waals surface area contributed by atoms with Crippen LogP contribution in [0.25, 0.3) is 0 Å². The van der Waals surface area contributed by atoms with Gasteiger partial charge in [-0.05, 0) is 33.0 Å². The van der Waals surface area contributed by atoms with E-state index < -0.39 is 0 Å². The largest absolute Gasteiger partial charge is 0.329 e. The van der Waals surface area contributed by atoms with E-state index in [2.05, 4.69) is 23.8 Å². The number of nitrogens with zero attached hydrogens (tertiary/aromatic N) is 2. The summed E-state index contributed by atoms with van der Waals surface area (Å²) >= 11 is 5.90. The van der Waals surface area contributed by atoms with Gasteiger partial charge in [0.15, 0.2) is 0 Å². The van der Waals surface area contributed by atoms with Gasteiger partial charge >= 0.3 is 0 Å². The Morgan fingerprint density at radius 3 is 2.90 bits per heavy atom. The van der Waals surface area contributed by atoms with Crippen molar-refractivity contribution in [2.24, 2.45) is 5.73 Å². The van der Waals surface area contributed by atoms with Crippen molar-refractivity contribution in [1.82, 2.24) is 9.80 Å². The third kappa shape index (κ3) is 3.31. The summed E-state index contributed by atoms with van der Waals surface area (Å²) in [6, 6.07) is 5.38. The Morgan fingerprint density at radius 1 is 1.45 bits per heavy atom. The number of benzene rings is 1. The molecule has 112 valence electrons. The molecule has 1 aromatic rings. The lowest BCUT2D eigenvalue weighted by atomic mass is 10.0. The van der Waals surface area contributed by atoms with E-state index >= 15 is 0 Å². The number of likely N-dealkylation sites (N-methyl/N-ethyl adjacent to an activating group) is 1. The molecular weight excluding hydrogens is 277 g/mol. The Balaban J connectivity index is 2.29. The molecule has 5 heteroatoms. The maximum absolute atomic E-state index is 14.3. The Morgan fingerprint density at radius 2 is 2.20 bits per heavy atom. The third-order valence-corrected chi connectivity index (χ3v) is 4.35. The summed E-state index contributed by atoms with van der Waals surface area (Å²) < 4.78 is 14.3. The zero-order valence-corrected chi connectivity index (χ0v) is 12.9. The lowest BCUT2D eigenvalue weighted by Gasteiger charge is -2.35. The van der Waals surface area contributed by atoms with Crippen LogP contribution in [0.3, 0.4) is 0 Å². The second-order valence-electron chi connectivity index (χ2n) is 5.60. The zero-order chi connectivity index (χ0) is 14.7. The highest BCUT2D eigenvalue weighted by Crippen LogP contribution is 2.29. The average molecular weight is 300 g/mol. The van der Waals surface area contributed by atoms with Crippen LogP contribution >= 0.6 is 11.6 Å². The Kier molecular flexibility index (Phi) is 5.38. The van der Waals surface area contributed by atoms with E-state index in [1.165, 1.54) is 0 Å². The topological polar surface area (TPSA) is 32.5 Å². The Bertz CT molecular complexity index is 455. The summed E-state index contributed by atoms with van der Waals surface area (Å²) in [4.78, 5) is 4.62. The fourth-order valence-electron chi connectivity index (χ4n) is 3.07. The molecule has 1 aliphatic heterocycles. The lowest BCUT2D eigenvalue weighted by molar-refractivity contribution is 0.143. The minimum Gasteiger partial charge on any atom is -0.329 e. The van der Waals surface area contributed by atoms with Crippen LogP contribution in [0.5, 0.6) is 0 Å². The van der Waals surface area contributed by atoms with Crippen LogP contribution in [0.2, 0.25) is 5.02 Å². The van der Waals surface area contributed by atoms with Gasteiger partial charge in [-0.25, -0.2) is 4.39 Å². The van der Waals surface area contributed by atoms with Crippen molar-refractivity contribution in [2.45, 2.75) is 25.4 Å². The molecule has 1 saturated heterocycles. The molecule has 0 amide bonds. The fourth-order valence-corrected chi connectivity index (χ4v) is 3.25. The highest BCUT2D eigenvalue weighted by molar-refractivity contribution is 6.30. The van der Waals surface area contributed by atoms with Crippen LogP contribution in [-0.4, -0.2) is 49.1 Å². The summed E-state index contributed by atoms with van der Waals surface area (Å²) in [5.74, 6) is -0.339. The molecule has 3 nitrogen and oxygen atoms in total. The van der Waals surface area contributed by atoms with Gasteiger partial charge in [-0.3, -0.25) is 4.90 Å². The molecule has 2 rings (SSSR count). The van der Waals surface area contributed by atoms with Gasteiger partial charge in [0.2, 0.25) is 0 Å². The van der Waals surface area contributed by atoms with Crippen LogP contribution in [0.4, 0.5) is 4.39 Å². The number of hydrogen-bond acceptors (Lipinski definition) is 3. The number of halogens is 2. The van der Waals surface area contributed by atoms with E-state index in [9.17, 15) is 4.39 Å². The van der Waals surface area contributed by atoms with Crippen molar-refractivity contribution in [3.05, 3.63) is 34.6 Å². The molecule has 2 unspecified atom stereocenters. The van der Waals surface area contributed by atoms with Crippen LogP contribution in [0.15, 0.2) is 18.2 Å². The Hall–Kier alpha value is -0.680. The van der Waals surface area contributed by atoms with Crippen molar-refractivity contribution in [2.75, 3.05) is 33.2 Å². The predicted molar refractivity (Wildman–Crippen MR) is 81.5 cm³/mol. The van der Waals surface area contributed by atoms with Gasteiger partial charge in [0.25, 0.3) is 0 Å². The summed E-state index contributed by atoms with van der Waals surface area (Å²) in [6.07, 6.45) is 1.07. The number of hydrogen-bond donors (Lipinski definition) is 1. The molecule has 1 aromatic carbocycles. The van der Waals surface area contributed by atoms with Crippen molar-refractivity contribution in [3.63, 3.8) is 0 Å². The van der Waals surface area contributed by atoms with Crippen molar-refractivity contribution in [1.29, 1.82) is 0 Å². The minimum absolute atomic E-state index is 0.116. The molecule has 1 heterocycles. The third-order valence-electron chi connectivity index (χ3n) is 4.06. The molecule has 0 bridgehead atoms. The first-order chi connectivity index (χ1) is 9.54. The highest BCUT2D eigenvalue weighted by atomic mass is 35.5. The molecule has 1 fully saturated rings. The quantitative estimate of drug-likeness (QED) is 0.931. The van der Waals surface area contributed by atoms with Crippen molar-refractivity contribution in [3.8, 4) is 0 Å². The maximum Gasteiger partial charge on any atom is 0.146 e. The van der Waals surface area contributed by atoms with E-state index in [0.29, 0.717) is 18.2 Å². The van der Waals surface area contributed by atoms with E-state index in [4.69, 9.17) is 17.3 Å². The minimum atomic E-state index is -0.339. The lowest BCUT2D eigenvalue weighted by Crippen LogP contribution is -2.43. The van der Waals surface area contributed by atoms with Gasteiger partial charge in [0.1, 0.15) is 5.82 Å². The highest BCUT2D eigenvalue weighted by Gasteiger charge is 2.28. The van der Waals surface area contributed by atoms with Crippen molar-refractivity contribution < 1.29 is 4.39 Å². The van der Waals surface area contributed by atoms with Gasteiger partial charge in [0, 0.05) is 31.2 Å². The standard InChI is InChI=1S/C15H23ClFN3/c1-11-10-19(2)7-4-8-20(11)14(9-18)12-5-3-6-13(16)15(12)17/h3,5-6,11,14H,4,7-10,18H2,1-2H3. The summed E-state index contributed by atoms with van der Waals surface area (Å²) in [5, 5.41) is 0.167. The molecule has 0 aromatic heterocycles. The molecule has 0 radical (unpaired) electrons. The van der Waals surface area contributed by atoms with Gasteiger partial charge in [-0.1, -0.05) is 23.7 Å². The van der Waals surface area contributed by atoms with E-state index in [1.54, 1.807) is 18.2 Å². The molecular formula is C15H23ClFN3. The van der Waals surface area contributed by atoms with Gasteiger partial charge in [0.05, 0.1) is 11.1 Å². The van der Waals surface area contributed by atoms with Gasteiger partial charge in [-0.2, -0.15) is 0 Å². The van der Waals surface area contributed by atoms with Gasteiger partial charge in [-0.15, -0.1) is 0 Å². The smallest absolute Gasteiger partial charge is 0.146 e. The summed E-state index contributed by atoms with van der Waals surface area (Å²) in [6.45, 7) is 5.53. The van der Waals surface area contributed by atoms with Crippen molar-refractivity contribution >= 4 is 11.6 Å². The molecule has 2 atom stereocenters. The zero-order valence-electron chi connectivity index (χ0n) is 12.1. The first kappa shape index (κ1) is 15.7. The molecule has 0 saturated carbocycles. The molecule has 0 spiro atoms. The average Bonchev–Trinajstić information content (AvgIpc) is 2.57. The van der Waals surface area contributed by atoms with Crippen LogP contribution in [0, 0.1) is 5.82 Å². The molecule has 20 heavy (non-hydrogen) atoms. The van der Waals surface area contributed by atoms with E-state index in [1.807, 2.05) is 0 Å². The maximum atomic E-state index is 14.3. The second kappa shape index (κ2) is 6.85. The monoisotopic (exact) mass is 299 g/mol. The molecule has 2 N–H and O–H groups in total. The SMILES string of the molecule is CC1CN(C)CCCN1C(CN)c1cccc(Cl)c1F. The van der Waals surface area contributed by atoms with Crippen LogP contribution in [-0.2, 0) is 0 Å². The number of rotatable bonds is 3. The normalized spacial score (nSPS) is 23.6. The van der Waals surface area contributed by atoms with Crippen LogP contribution < -0.4 is 5.73 Å². The summed E-state index contributed by atoms with van der Waals surface area (Å²) in [7, 11) is 2.12. The van der Waals surface area contributed by atoms with E-state index in [-0.39, 0.29) is 16.9 Å². The summed E-state index contributed by atoms with van der Waals surface area (Å²) in [5.41, 5.74) is 6.55. The van der Waals surface area contributed by atoms with Crippen LogP contribution in [0.1, 0.15) is 24.9 Å². The molecule has 0 aliphatic carbocycles. The Labute approximate surface area is 125 Å². The first-order valence-corrected chi connectivity index (χ1v) is 7.50. The van der Waals surface area contributed by atoms with Gasteiger partial charge < -0.3 is 10.6 Å². The fraction of sp³-hybridized carbons (Fsp3) is 0.600.